The highest BCUT2D eigenvalue weighted by Gasteiger charge is 2.72. The lowest BCUT2D eigenvalue weighted by Crippen LogP contribution is -2.73. The summed E-state index contributed by atoms with van der Waals surface area (Å²) in [6, 6.07) is 3.31. The Labute approximate surface area is 313 Å². The highest BCUT2D eigenvalue weighted by atomic mass is 16.6. The van der Waals surface area contributed by atoms with Crippen LogP contribution in [-0.4, -0.2) is 143 Å². The molecule has 0 aromatic heterocycles. The molecule has 1 unspecified atom stereocenters. The standard InChI is InChI=1S/C37H42N2O16/c1-13-8-15-9-21(42)37(53-7)32(47)24-17(31(46)36(37,50)25(15)28(45)22(13)34(48)52-6)10-16-23(27(24)44)20(41)11-19(30(16)55-35(49)39(3)4)38-33-18(12-40)26(43)29(51-5)14(2)54-33/h8,10-11,14,18,21,26,29,33,38,40-45,50H,9,12H2,1-7H3/t14-,18+,21+,26-,29-,33?,36-,37+/m0/s1. The van der Waals surface area contributed by atoms with Crippen molar-refractivity contribution < 1.29 is 78.6 Å². The van der Waals surface area contributed by atoms with Gasteiger partial charge in [0.2, 0.25) is 11.6 Å². The third kappa shape index (κ3) is 5.42. The van der Waals surface area contributed by atoms with Crippen LogP contribution in [0.5, 0.6) is 23.0 Å². The van der Waals surface area contributed by atoms with Crippen molar-refractivity contribution in [1.82, 2.24) is 4.90 Å². The lowest BCUT2D eigenvalue weighted by Gasteiger charge is -2.52. The van der Waals surface area contributed by atoms with Crippen LogP contribution in [-0.2, 0) is 31.0 Å². The molecule has 2 aliphatic carbocycles. The summed E-state index contributed by atoms with van der Waals surface area (Å²) < 4.78 is 27.4. The largest absolute Gasteiger partial charge is 0.507 e. The first kappa shape index (κ1) is 39.6. The molecule has 55 heavy (non-hydrogen) atoms. The maximum atomic E-state index is 14.9. The normalized spacial score (nSPS) is 28.6. The maximum absolute atomic E-state index is 14.9. The Hall–Kier alpha value is -5.08. The van der Waals surface area contributed by atoms with Gasteiger partial charge in [0.15, 0.2) is 17.0 Å². The van der Waals surface area contributed by atoms with Crippen LogP contribution in [0.1, 0.15) is 54.7 Å². The zero-order chi connectivity index (χ0) is 40.6. The third-order valence-corrected chi connectivity index (χ3v) is 10.9. The van der Waals surface area contributed by atoms with Gasteiger partial charge in [0.05, 0.1) is 54.6 Å². The Morgan fingerprint density at radius 1 is 1.04 bits per heavy atom. The second kappa shape index (κ2) is 13.9. The summed E-state index contributed by atoms with van der Waals surface area (Å²) >= 11 is 0. The van der Waals surface area contributed by atoms with Gasteiger partial charge in [0.25, 0.3) is 0 Å². The number of anilines is 1. The number of methoxy groups -OCH3 is 3. The van der Waals surface area contributed by atoms with Crippen molar-refractivity contribution in [2.24, 2.45) is 5.92 Å². The predicted octanol–water partition coefficient (Wildman–Crippen LogP) is 0.822. The number of aliphatic hydroxyl groups excluding tert-OH is 3. The number of carbonyl (C=O) groups is 4. The van der Waals surface area contributed by atoms with E-state index in [1.807, 2.05) is 0 Å². The maximum Gasteiger partial charge on any atom is 0.414 e. The molecule has 1 heterocycles. The van der Waals surface area contributed by atoms with Crippen molar-refractivity contribution in [2.45, 2.75) is 62.1 Å². The zero-order valence-corrected chi connectivity index (χ0v) is 30.9. The number of phenolic OH excluding ortho intramolecular Hbond substituents is 3. The fourth-order valence-corrected chi connectivity index (χ4v) is 8.20. The average molecular weight is 771 g/mol. The van der Waals surface area contributed by atoms with Crippen LogP contribution in [0.25, 0.3) is 10.8 Å². The summed E-state index contributed by atoms with van der Waals surface area (Å²) in [6.07, 6.45) is -7.46. The number of aromatic hydroxyl groups is 3. The molecule has 18 heteroatoms. The number of rotatable bonds is 7. The summed E-state index contributed by atoms with van der Waals surface area (Å²) in [6.45, 7) is 2.44. The Morgan fingerprint density at radius 3 is 2.29 bits per heavy atom. The molecule has 1 fully saturated rings. The van der Waals surface area contributed by atoms with Gasteiger partial charge in [-0.05, 0) is 31.0 Å². The molecule has 0 radical (unpaired) electrons. The Morgan fingerprint density at radius 2 is 1.71 bits per heavy atom. The van der Waals surface area contributed by atoms with Crippen LogP contribution in [0.4, 0.5) is 10.5 Å². The minimum atomic E-state index is -3.26. The second-order valence-electron chi connectivity index (χ2n) is 14.0. The van der Waals surface area contributed by atoms with Gasteiger partial charge in [0.1, 0.15) is 35.1 Å². The van der Waals surface area contributed by atoms with Crippen molar-refractivity contribution in [3.63, 3.8) is 0 Å². The number of aliphatic hydroxyl groups is 4. The van der Waals surface area contributed by atoms with Crippen molar-refractivity contribution >= 4 is 40.1 Å². The number of ketones is 2. The highest BCUT2D eigenvalue weighted by molar-refractivity contribution is 6.27. The van der Waals surface area contributed by atoms with Gasteiger partial charge < -0.3 is 69.6 Å². The summed E-state index contributed by atoms with van der Waals surface area (Å²) in [5.41, 5.74) is -8.79. The number of esters is 1. The molecule has 8 N–H and O–H groups in total. The SMILES string of the molecule is COC(=O)c1c(C)cc2c(c1O)[C@]1(O)C(=O)c3cc4c(OC(=O)N(C)C)c(NC5O[C@@H](C)[C@H](OC)[C@@H](O)[C@H]5CO)cc(O)c4c(O)c3C(=O)[C@]1(OC)[C@H](O)C2. The lowest BCUT2D eigenvalue weighted by molar-refractivity contribution is -0.201. The number of hydrogen-bond donors (Lipinski definition) is 8. The van der Waals surface area contributed by atoms with E-state index in [-0.39, 0.29) is 22.2 Å². The van der Waals surface area contributed by atoms with E-state index in [9.17, 15) is 54.9 Å². The molecule has 3 aliphatic rings. The van der Waals surface area contributed by atoms with Crippen LogP contribution >= 0.6 is 0 Å². The summed E-state index contributed by atoms with van der Waals surface area (Å²) in [4.78, 5) is 56.5. The second-order valence-corrected chi connectivity index (χ2v) is 14.0. The number of nitrogens with one attached hydrogen (secondary N) is 1. The molecule has 1 aliphatic heterocycles. The first-order valence-electron chi connectivity index (χ1n) is 17.1. The van der Waals surface area contributed by atoms with Crippen molar-refractivity contribution in [2.75, 3.05) is 47.3 Å². The van der Waals surface area contributed by atoms with Gasteiger partial charge in [0, 0.05) is 57.3 Å². The molecule has 8 atom stereocenters. The van der Waals surface area contributed by atoms with Gasteiger partial charge in [-0.2, -0.15) is 0 Å². The van der Waals surface area contributed by atoms with E-state index in [1.165, 1.54) is 34.2 Å². The number of fused-ring (bicyclic) bond motifs is 5. The number of aryl methyl sites for hydroxylation is 1. The van der Waals surface area contributed by atoms with Crippen molar-refractivity contribution in [3.8, 4) is 23.0 Å². The number of phenols is 3. The van der Waals surface area contributed by atoms with Gasteiger partial charge in [-0.1, -0.05) is 6.07 Å². The third-order valence-electron chi connectivity index (χ3n) is 10.9. The smallest absolute Gasteiger partial charge is 0.414 e. The lowest BCUT2D eigenvalue weighted by atomic mass is 9.57. The first-order valence-corrected chi connectivity index (χ1v) is 17.1. The monoisotopic (exact) mass is 770 g/mol. The minimum Gasteiger partial charge on any atom is -0.507 e. The number of amides is 1. The highest BCUT2D eigenvalue weighted by Crippen LogP contribution is 2.58. The first-order chi connectivity index (χ1) is 25.9. The minimum absolute atomic E-state index is 0.0114. The Bertz CT molecular complexity index is 2140. The zero-order valence-electron chi connectivity index (χ0n) is 30.9. The van der Waals surface area contributed by atoms with Crippen LogP contribution in [0.15, 0.2) is 18.2 Å². The van der Waals surface area contributed by atoms with E-state index in [4.69, 9.17) is 23.7 Å². The van der Waals surface area contributed by atoms with Crippen molar-refractivity contribution in [1.29, 1.82) is 0 Å². The Kier molecular flexibility index (Phi) is 10.0. The average Bonchev–Trinajstić information content (AvgIpc) is 3.11. The van der Waals surface area contributed by atoms with E-state index in [2.05, 4.69) is 5.32 Å². The molecule has 1 saturated heterocycles. The fraction of sp³-hybridized carbons (Fsp3) is 0.459. The summed E-state index contributed by atoms with van der Waals surface area (Å²) in [5, 5.41) is 82.3. The van der Waals surface area contributed by atoms with Crippen LogP contribution < -0.4 is 10.1 Å². The predicted molar refractivity (Wildman–Crippen MR) is 189 cm³/mol. The van der Waals surface area contributed by atoms with Crippen LogP contribution in [0.3, 0.4) is 0 Å². The van der Waals surface area contributed by atoms with Gasteiger partial charge in [-0.25, -0.2) is 9.59 Å². The molecule has 0 spiro atoms. The van der Waals surface area contributed by atoms with Gasteiger partial charge >= 0.3 is 12.1 Å². The molecule has 3 aromatic carbocycles. The molecular weight excluding hydrogens is 728 g/mol. The van der Waals surface area contributed by atoms with Crippen LogP contribution in [0, 0.1) is 12.8 Å². The summed E-state index contributed by atoms with van der Waals surface area (Å²) in [7, 11) is 6.04. The number of nitrogens with zero attached hydrogens (tertiary/aromatic N) is 1. The molecule has 6 rings (SSSR count). The number of benzene rings is 3. The van der Waals surface area contributed by atoms with Gasteiger partial charge in [-0.15, -0.1) is 0 Å². The fourth-order valence-electron chi connectivity index (χ4n) is 8.20. The quantitative estimate of drug-likeness (QED) is 0.155. The molecule has 1 amide bonds. The molecule has 296 valence electrons. The molecule has 0 saturated carbocycles. The van der Waals surface area contributed by atoms with E-state index in [1.54, 1.807) is 6.92 Å². The number of hydrogen-bond acceptors (Lipinski definition) is 17. The summed E-state index contributed by atoms with van der Waals surface area (Å²) in [5.74, 6) is -7.89. The van der Waals surface area contributed by atoms with Crippen molar-refractivity contribution in [3.05, 3.63) is 51.6 Å². The molecule has 3 aromatic rings. The van der Waals surface area contributed by atoms with E-state index in [0.29, 0.717) is 0 Å². The topological polar surface area (TPSA) is 271 Å². The van der Waals surface area contributed by atoms with Gasteiger partial charge in [-0.3, -0.25) is 9.59 Å². The number of carbonyl (C=O) groups excluding carboxylic acids is 4. The Balaban J connectivity index is 1.65. The number of ether oxygens (including phenoxy) is 5. The number of Topliss-reactive ketones (excluding diaryl/α,β-unsaturated/α-hetero) is 2. The van der Waals surface area contributed by atoms with E-state index in [0.717, 1.165) is 31.3 Å². The van der Waals surface area contributed by atoms with Crippen LogP contribution in [0.2, 0.25) is 0 Å². The molecular formula is C37H42N2O16. The van der Waals surface area contributed by atoms with E-state index < -0.39 is 135 Å². The molecule has 18 nitrogen and oxygen atoms in total. The molecule has 0 bridgehead atoms. The van der Waals surface area contributed by atoms with E-state index >= 15 is 0 Å².